The summed E-state index contributed by atoms with van der Waals surface area (Å²) < 4.78 is 4.97. The molecule has 1 aliphatic carbocycles. The number of hydrogen-bond acceptors (Lipinski definition) is 3. The fraction of sp³-hybridized carbons (Fsp3) is 0.529. The maximum absolute atomic E-state index is 11.6. The van der Waals surface area contributed by atoms with Gasteiger partial charge < -0.3 is 15.0 Å². The van der Waals surface area contributed by atoms with Crippen molar-refractivity contribution in [2.75, 3.05) is 19.0 Å². The van der Waals surface area contributed by atoms with Gasteiger partial charge in [-0.15, -0.1) is 0 Å². The van der Waals surface area contributed by atoms with Crippen LogP contribution in [-0.2, 0) is 4.74 Å². The van der Waals surface area contributed by atoms with Gasteiger partial charge in [0.25, 0.3) is 0 Å². The number of benzene rings is 1. The van der Waals surface area contributed by atoms with Gasteiger partial charge in [-0.3, -0.25) is 0 Å². The molecule has 0 spiro atoms. The number of carbonyl (C=O) groups excluding carboxylic acids is 1. The molecule has 0 aromatic heterocycles. The molecule has 120 valence electrons. The lowest BCUT2D eigenvalue weighted by atomic mass is 9.95. The second kappa shape index (κ2) is 8.13. The standard InChI is InChI=1S/C17H24N2O2S/c1-3-21-16(20)13-9-11-14(12-10-13)18-17(22)19(2)15-7-5-4-6-8-15/h9-12,15H,3-8H2,1-2H3,(H,18,22). The molecule has 0 atom stereocenters. The molecule has 2 rings (SSSR count). The molecule has 1 aromatic carbocycles. The van der Waals surface area contributed by atoms with E-state index in [1.54, 1.807) is 19.1 Å². The third-order valence-corrected chi connectivity index (χ3v) is 4.48. The predicted octanol–water partition coefficient (Wildman–Crippen LogP) is 3.82. The summed E-state index contributed by atoms with van der Waals surface area (Å²) in [6.07, 6.45) is 6.32. The highest BCUT2D eigenvalue weighted by atomic mass is 32.1. The maximum atomic E-state index is 11.6. The summed E-state index contributed by atoms with van der Waals surface area (Å²) in [6, 6.07) is 7.75. The Morgan fingerprint density at radius 3 is 2.50 bits per heavy atom. The number of hydrogen-bond donors (Lipinski definition) is 1. The van der Waals surface area contributed by atoms with Crippen LogP contribution in [0.5, 0.6) is 0 Å². The molecule has 1 fully saturated rings. The Balaban J connectivity index is 1.92. The van der Waals surface area contributed by atoms with Crippen molar-refractivity contribution in [2.45, 2.75) is 45.1 Å². The molecule has 0 heterocycles. The van der Waals surface area contributed by atoms with E-state index >= 15 is 0 Å². The van der Waals surface area contributed by atoms with Crippen LogP contribution in [0.15, 0.2) is 24.3 Å². The molecule has 1 aliphatic rings. The van der Waals surface area contributed by atoms with Gasteiger partial charge in [-0.25, -0.2) is 4.79 Å². The fourth-order valence-corrected chi connectivity index (χ4v) is 3.02. The van der Waals surface area contributed by atoms with Crippen LogP contribution in [0.4, 0.5) is 5.69 Å². The minimum atomic E-state index is -0.295. The normalized spacial score (nSPS) is 15.2. The van der Waals surface area contributed by atoms with Gasteiger partial charge in [0.2, 0.25) is 0 Å². The summed E-state index contributed by atoms with van der Waals surface area (Å²) in [6.45, 7) is 2.18. The van der Waals surface area contributed by atoms with Gasteiger partial charge in [0.15, 0.2) is 5.11 Å². The Bertz CT molecular complexity index is 510. The van der Waals surface area contributed by atoms with Crippen molar-refractivity contribution in [2.24, 2.45) is 0 Å². The lowest BCUT2D eigenvalue weighted by Gasteiger charge is -2.33. The quantitative estimate of drug-likeness (QED) is 0.674. The van der Waals surface area contributed by atoms with Gasteiger partial charge >= 0.3 is 5.97 Å². The Kier molecular flexibility index (Phi) is 6.19. The van der Waals surface area contributed by atoms with Crippen LogP contribution in [0.1, 0.15) is 49.4 Å². The molecule has 0 saturated heterocycles. The molecule has 22 heavy (non-hydrogen) atoms. The van der Waals surface area contributed by atoms with E-state index in [2.05, 4.69) is 17.3 Å². The van der Waals surface area contributed by atoms with Crippen molar-refractivity contribution in [3.63, 3.8) is 0 Å². The summed E-state index contributed by atoms with van der Waals surface area (Å²) in [5.41, 5.74) is 1.44. The van der Waals surface area contributed by atoms with E-state index < -0.39 is 0 Å². The minimum Gasteiger partial charge on any atom is -0.462 e. The lowest BCUT2D eigenvalue weighted by Crippen LogP contribution is -2.40. The van der Waals surface area contributed by atoms with Crippen molar-refractivity contribution in [1.82, 2.24) is 4.90 Å². The Morgan fingerprint density at radius 1 is 1.27 bits per heavy atom. The van der Waals surface area contributed by atoms with Crippen LogP contribution in [0.2, 0.25) is 0 Å². The Labute approximate surface area is 137 Å². The molecule has 5 heteroatoms. The predicted molar refractivity (Wildman–Crippen MR) is 93.3 cm³/mol. The summed E-state index contributed by atoms with van der Waals surface area (Å²) in [4.78, 5) is 13.8. The minimum absolute atomic E-state index is 0.295. The van der Waals surface area contributed by atoms with E-state index in [1.165, 1.54) is 32.1 Å². The van der Waals surface area contributed by atoms with E-state index in [4.69, 9.17) is 17.0 Å². The zero-order chi connectivity index (χ0) is 15.9. The first kappa shape index (κ1) is 16.7. The molecule has 0 unspecified atom stereocenters. The largest absolute Gasteiger partial charge is 0.462 e. The van der Waals surface area contributed by atoms with Crippen molar-refractivity contribution in [3.8, 4) is 0 Å². The van der Waals surface area contributed by atoms with Gasteiger partial charge in [0.1, 0.15) is 0 Å². The van der Waals surface area contributed by atoms with Crippen molar-refractivity contribution in [1.29, 1.82) is 0 Å². The smallest absolute Gasteiger partial charge is 0.338 e. The molecule has 4 nitrogen and oxygen atoms in total. The zero-order valence-electron chi connectivity index (χ0n) is 13.3. The molecule has 0 aliphatic heterocycles. The highest BCUT2D eigenvalue weighted by molar-refractivity contribution is 7.80. The van der Waals surface area contributed by atoms with E-state index in [0.717, 1.165) is 10.8 Å². The van der Waals surface area contributed by atoms with Crippen molar-refractivity contribution < 1.29 is 9.53 Å². The highest BCUT2D eigenvalue weighted by Gasteiger charge is 2.19. The Hall–Kier alpha value is -1.62. The van der Waals surface area contributed by atoms with Crippen LogP contribution in [-0.4, -0.2) is 35.7 Å². The van der Waals surface area contributed by atoms with Gasteiger partial charge in [0, 0.05) is 18.8 Å². The van der Waals surface area contributed by atoms with Gasteiger partial charge in [0.05, 0.1) is 12.2 Å². The van der Waals surface area contributed by atoms with Crippen LogP contribution in [0.25, 0.3) is 0 Å². The first-order chi connectivity index (χ1) is 10.6. The zero-order valence-corrected chi connectivity index (χ0v) is 14.1. The topological polar surface area (TPSA) is 41.6 Å². The van der Waals surface area contributed by atoms with E-state index in [1.807, 2.05) is 12.1 Å². The number of esters is 1. The summed E-state index contributed by atoms with van der Waals surface area (Å²) >= 11 is 5.49. The second-order valence-corrected chi connectivity index (χ2v) is 6.02. The Morgan fingerprint density at radius 2 is 1.91 bits per heavy atom. The maximum Gasteiger partial charge on any atom is 0.338 e. The third kappa shape index (κ3) is 4.44. The molecule has 1 N–H and O–H groups in total. The number of nitrogens with one attached hydrogen (secondary N) is 1. The number of thiocarbonyl (C=S) groups is 1. The lowest BCUT2D eigenvalue weighted by molar-refractivity contribution is 0.0526. The molecule has 0 bridgehead atoms. The van der Waals surface area contributed by atoms with Gasteiger partial charge in [-0.05, 0) is 56.2 Å². The SMILES string of the molecule is CCOC(=O)c1ccc(NC(=S)N(C)C2CCCCC2)cc1. The van der Waals surface area contributed by atoms with Crippen LogP contribution >= 0.6 is 12.2 Å². The van der Waals surface area contributed by atoms with E-state index in [9.17, 15) is 4.79 Å². The monoisotopic (exact) mass is 320 g/mol. The highest BCUT2D eigenvalue weighted by Crippen LogP contribution is 2.22. The summed E-state index contributed by atoms with van der Waals surface area (Å²) in [5.74, 6) is -0.295. The van der Waals surface area contributed by atoms with Crippen LogP contribution < -0.4 is 5.32 Å². The molecule has 0 amide bonds. The summed E-state index contributed by atoms with van der Waals surface area (Å²) in [7, 11) is 2.05. The van der Waals surface area contributed by atoms with Crippen LogP contribution in [0.3, 0.4) is 0 Å². The van der Waals surface area contributed by atoms with Gasteiger partial charge in [-0.2, -0.15) is 0 Å². The van der Waals surface area contributed by atoms with E-state index in [0.29, 0.717) is 18.2 Å². The van der Waals surface area contributed by atoms with Crippen LogP contribution in [0, 0.1) is 0 Å². The van der Waals surface area contributed by atoms with E-state index in [-0.39, 0.29) is 5.97 Å². The van der Waals surface area contributed by atoms with Gasteiger partial charge in [-0.1, -0.05) is 19.3 Å². The number of nitrogens with zero attached hydrogens (tertiary/aromatic N) is 1. The first-order valence-corrected chi connectivity index (χ1v) is 8.33. The molecular weight excluding hydrogens is 296 g/mol. The van der Waals surface area contributed by atoms with Crippen molar-refractivity contribution >= 4 is 29.0 Å². The molecular formula is C17H24N2O2S. The summed E-state index contributed by atoms with van der Waals surface area (Å²) in [5, 5.41) is 3.97. The number of anilines is 1. The molecule has 1 aromatic rings. The fourth-order valence-electron chi connectivity index (χ4n) is 2.75. The first-order valence-electron chi connectivity index (χ1n) is 7.93. The third-order valence-electron chi connectivity index (χ3n) is 4.09. The molecule has 1 saturated carbocycles. The average molecular weight is 320 g/mol. The number of rotatable bonds is 4. The number of carbonyl (C=O) groups is 1. The second-order valence-electron chi connectivity index (χ2n) is 5.63. The average Bonchev–Trinajstić information content (AvgIpc) is 2.55. The number of ether oxygens (including phenoxy) is 1. The van der Waals surface area contributed by atoms with Crippen molar-refractivity contribution in [3.05, 3.63) is 29.8 Å². The molecule has 0 radical (unpaired) electrons.